The fourth-order valence-corrected chi connectivity index (χ4v) is 1.93. The van der Waals surface area contributed by atoms with Crippen LogP contribution in [-0.4, -0.2) is 11.2 Å². The van der Waals surface area contributed by atoms with Crippen LogP contribution in [0.2, 0.25) is 0 Å². The minimum Gasteiger partial charge on any atom is -0.393 e. The van der Waals surface area contributed by atoms with Crippen molar-refractivity contribution in [1.82, 2.24) is 0 Å². The molecule has 0 aliphatic rings. The van der Waals surface area contributed by atoms with E-state index in [0.717, 1.165) is 5.56 Å². The van der Waals surface area contributed by atoms with Crippen molar-refractivity contribution in [2.24, 2.45) is 5.41 Å². The highest BCUT2D eigenvalue weighted by Gasteiger charge is 2.21. The number of hydrogen-bond acceptors (Lipinski definition) is 1. The number of aliphatic hydroxyl groups is 1. The number of hydrogen-bond donors (Lipinski definition) is 1. The van der Waals surface area contributed by atoms with Gasteiger partial charge in [0, 0.05) is 0 Å². The second kappa shape index (κ2) is 5.28. The molecule has 0 saturated carbocycles. The predicted molar refractivity (Wildman–Crippen MR) is 67.9 cm³/mol. The normalized spacial score (nSPS) is 13.9. The van der Waals surface area contributed by atoms with Gasteiger partial charge in [0.15, 0.2) is 0 Å². The summed E-state index contributed by atoms with van der Waals surface area (Å²) in [5, 5.41) is 9.90. The molecular formula is C13H18BrFO. The van der Waals surface area contributed by atoms with E-state index >= 15 is 0 Å². The van der Waals surface area contributed by atoms with E-state index < -0.39 is 0 Å². The highest BCUT2D eigenvalue weighted by Crippen LogP contribution is 2.26. The Bertz CT molecular complexity index is 357. The lowest BCUT2D eigenvalue weighted by molar-refractivity contribution is 0.0559. The Labute approximate surface area is 105 Å². The molecular weight excluding hydrogens is 271 g/mol. The van der Waals surface area contributed by atoms with Gasteiger partial charge in [-0.3, -0.25) is 0 Å². The van der Waals surface area contributed by atoms with Crippen LogP contribution in [0.5, 0.6) is 0 Å². The van der Waals surface area contributed by atoms with E-state index in [2.05, 4.69) is 15.9 Å². The summed E-state index contributed by atoms with van der Waals surface area (Å²) in [6.45, 7) is 5.99. The lowest BCUT2D eigenvalue weighted by Gasteiger charge is -2.25. The predicted octanol–water partition coefficient (Wildman–Crippen LogP) is 3.93. The maximum Gasteiger partial charge on any atom is 0.137 e. The van der Waals surface area contributed by atoms with Crippen LogP contribution in [0, 0.1) is 11.2 Å². The van der Waals surface area contributed by atoms with Crippen molar-refractivity contribution in [2.75, 3.05) is 0 Å². The third-order valence-electron chi connectivity index (χ3n) is 2.72. The van der Waals surface area contributed by atoms with Crippen LogP contribution in [-0.2, 0) is 6.42 Å². The first-order valence-electron chi connectivity index (χ1n) is 5.43. The van der Waals surface area contributed by atoms with E-state index in [4.69, 9.17) is 0 Å². The van der Waals surface area contributed by atoms with Gasteiger partial charge in [-0.25, -0.2) is 4.39 Å². The zero-order chi connectivity index (χ0) is 12.3. The number of benzene rings is 1. The van der Waals surface area contributed by atoms with Crippen LogP contribution in [0.4, 0.5) is 4.39 Å². The Morgan fingerprint density at radius 1 is 1.38 bits per heavy atom. The maximum atomic E-state index is 13.2. The second-order valence-corrected chi connectivity index (χ2v) is 5.93. The number of aryl methyl sites for hydroxylation is 1. The van der Waals surface area contributed by atoms with Crippen molar-refractivity contribution in [3.05, 3.63) is 34.1 Å². The molecule has 0 bridgehead atoms. The maximum absolute atomic E-state index is 13.2. The fraction of sp³-hybridized carbons (Fsp3) is 0.538. The summed E-state index contributed by atoms with van der Waals surface area (Å²) in [6.07, 6.45) is 0.949. The van der Waals surface area contributed by atoms with E-state index in [1.807, 2.05) is 26.8 Å². The Morgan fingerprint density at radius 3 is 2.56 bits per heavy atom. The Morgan fingerprint density at radius 2 is 2.00 bits per heavy atom. The molecule has 1 nitrogen and oxygen atoms in total. The SMILES string of the molecule is CC(C)(C)C(O)CCc1cccc(F)c1Br. The summed E-state index contributed by atoms with van der Waals surface area (Å²) in [4.78, 5) is 0. The summed E-state index contributed by atoms with van der Waals surface area (Å²) in [7, 11) is 0. The molecule has 1 aromatic carbocycles. The van der Waals surface area contributed by atoms with E-state index in [1.165, 1.54) is 6.07 Å². The monoisotopic (exact) mass is 288 g/mol. The van der Waals surface area contributed by atoms with Crippen LogP contribution < -0.4 is 0 Å². The summed E-state index contributed by atoms with van der Waals surface area (Å²) in [5.41, 5.74) is 0.781. The van der Waals surface area contributed by atoms with Gasteiger partial charge in [0.1, 0.15) is 5.82 Å². The molecule has 1 rings (SSSR count). The van der Waals surface area contributed by atoms with Gasteiger partial charge in [-0.1, -0.05) is 32.9 Å². The zero-order valence-corrected chi connectivity index (χ0v) is 11.5. The fourth-order valence-electron chi connectivity index (χ4n) is 1.47. The van der Waals surface area contributed by atoms with E-state index in [0.29, 0.717) is 17.3 Å². The molecule has 1 N–H and O–H groups in total. The first kappa shape index (κ1) is 13.7. The van der Waals surface area contributed by atoms with E-state index in [-0.39, 0.29) is 17.3 Å². The van der Waals surface area contributed by atoms with Gasteiger partial charge in [0.05, 0.1) is 10.6 Å². The first-order chi connectivity index (χ1) is 7.32. The van der Waals surface area contributed by atoms with Crippen molar-refractivity contribution in [3.8, 4) is 0 Å². The quantitative estimate of drug-likeness (QED) is 0.894. The molecule has 0 aromatic heterocycles. The zero-order valence-electron chi connectivity index (χ0n) is 9.93. The van der Waals surface area contributed by atoms with Gasteiger partial charge in [0.2, 0.25) is 0 Å². The highest BCUT2D eigenvalue weighted by molar-refractivity contribution is 9.10. The lowest BCUT2D eigenvalue weighted by Crippen LogP contribution is -2.26. The first-order valence-corrected chi connectivity index (χ1v) is 6.22. The molecule has 0 amide bonds. The summed E-state index contributed by atoms with van der Waals surface area (Å²) in [6, 6.07) is 5.00. The topological polar surface area (TPSA) is 20.2 Å². The molecule has 1 atom stereocenters. The molecule has 0 aliphatic carbocycles. The van der Waals surface area contributed by atoms with Gasteiger partial charge >= 0.3 is 0 Å². The third-order valence-corrected chi connectivity index (χ3v) is 3.61. The Balaban J connectivity index is 2.65. The van der Waals surface area contributed by atoms with Gasteiger partial charge in [-0.15, -0.1) is 0 Å². The van der Waals surface area contributed by atoms with Crippen molar-refractivity contribution in [3.63, 3.8) is 0 Å². The van der Waals surface area contributed by atoms with Gasteiger partial charge in [0.25, 0.3) is 0 Å². The second-order valence-electron chi connectivity index (χ2n) is 5.13. The molecule has 90 valence electrons. The Hall–Kier alpha value is -0.410. The van der Waals surface area contributed by atoms with Gasteiger partial charge < -0.3 is 5.11 Å². The summed E-state index contributed by atoms with van der Waals surface area (Å²) in [5.74, 6) is -0.247. The molecule has 0 saturated heterocycles. The molecule has 0 spiro atoms. The summed E-state index contributed by atoms with van der Waals surface area (Å²) >= 11 is 3.22. The largest absolute Gasteiger partial charge is 0.393 e. The van der Waals surface area contributed by atoms with Crippen LogP contribution in [0.15, 0.2) is 22.7 Å². The standard InChI is InChI=1S/C13H18BrFO/c1-13(2,3)11(16)8-7-9-5-4-6-10(15)12(9)14/h4-6,11,16H,7-8H2,1-3H3. The van der Waals surface area contributed by atoms with Gasteiger partial charge in [-0.05, 0) is 45.8 Å². The van der Waals surface area contributed by atoms with Crippen molar-refractivity contribution >= 4 is 15.9 Å². The average Bonchev–Trinajstić information content (AvgIpc) is 2.18. The van der Waals surface area contributed by atoms with Crippen LogP contribution in [0.3, 0.4) is 0 Å². The van der Waals surface area contributed by atoms with Gasteiger partial charge in [-0.2, -0.15) is 0 Å². The molecule has 16 heavy (non-hydrogen) atoms. The minimum absolute atomic E-state index is 0.125. The highest BCUT2D eigenvalue weighted by atomic mass is 79.9. The van der Waals surface area contributed by atoms with Crippen LogP contribution in [0.25, 0.3) is 0 Å². The van der Waals surface area contributed by atoms with Crippen molar-refractivity contribution < 1.29 is 9.50 Å². The Kier molecular flexibility index (Phi) is 4.51. The number of halogens is 2. The lowest BCUT2D eigenvalue weighted by atomic mass is 9.86. The van der Waals surface area contributed by atoms with Crippen molar-refractivity contribution in [1.29, 1.82) is 0 Å². The van der Waals surface area contributed by atoms with Crippen LogP contribution in [0.1, 0.15) is 32.8 Å². The third kappa shape index (κ3) is 3.56. The minimum atomic E-state index is -0.373. The van der Waals surface area contributed by atoms with E-state index in [1.54, 1.807) is 6.07 Å². The van der Waals surface area contributed by atoms with Crippen LogP contribution >= 0.6 is 15.9 Å². The molecule has 0 radical (unpaired) electrons. The average molecular weight is 289 g/mol. The summed E-state index contributed by atoms with van der Waals surface area (Å²) < 4.78 is 13.7. The molecule has 0 heterocycles. The number of rotatable bonds is 3. The molecule has 1 unspecified atom stereocenters. The van der Waals surface area contributed by atoms with Crippen molar-refractivity contribution in [2.45, 2.75) is 39.7 Å². The molecule has 0 fully saturated rings. The molecule has 1 aromatic rings. The molecule has 3 heteroatoms. The smallest absolute Gasteiger partial charge is 0.137 e. The van der Waals surface area contributed by atoms with E-state index in [9.17, 15) is 9.50 Å². The number of aliphatic hydroxyl groups excluding tert-OH is 1. The molecule has 0 aliphatic heterocycles.